The first kappa shape index (κ1) is 29.2. The third-order valence-corrected chi connectivity index (χ3v) is 3.39. The Hall–Kier alpha value is -2.87. The predicted molar refractivity (Wildman–Crippen MR) is 102 cm³/mol. The first-order valence-electron chi connectivity index (χ1n) is 9.64. The molecule has 1 aromatic rings. The third kappa shape index (κ3) is 9.55. The summed E-state index contributed by atoms with van der Waals surface area (Å²) in [4.78, 5) is 36.3. The van der Waals surface area contributed by atoms with Gasteiger partial charge >= 0.3 is 36.3 Å². The average Bonchev–Trinajstić information content (AvgIpc) is 2.59. The number of esters is 2. The second-order valence-corrected chi connectivity index (χ2v) is 9.16. The number of carbonyl (C=O) groups excluding carboxylic acids is 2. The highest BCUT2D eigenvalue weighted by atomic mass is 19.4. The first-order valence-corrected chi connectivity index (χ1v) is 9.64. The fraction of sp³-hybridized carbons (Fsp3) is 0.737. The molecule has 0 N–H and O–H groups in total. The summed E-state index contributed by atoms with van der Waals surface area (Å²) >= 11 is 0. The molecule has 0 spiro atoms. The van der Waals surface area contributed by atoms with Gasteiger partial charge in [0, 0.05) is 0 Å². The number of aromatic nitrogens is 3. The van der Waals surface area contributed by atoms with E-state index in [2.05, 4.69) is 24.4 Å². The van der Waals surface area contributed by atoms with Crippen molar-refractivity contribution in [2.75, 3.05) is 13.2 Å². The largest absolute Gasteiger partial charge is 0.459 e. The zero-order valence-electron chi connectivity index (χ0n) is 19.5. The number of alkyl halides is 6. The molecular formula is C19H25F6N3O6. The molecule has 9 nitrogen and oxygen atoms in total. The van der Waals surface area contributed by atoms with Crippen LogP contribution < -0.4 is 9.47 Å². The summed E-state index contributed by atoms with van der Waals surface area (Å²) < 4.78 is 94.7. The lowest BCUT2D eigenvalue weighted by Gasteiger charge is -2.31. The number of ether oxygens (including phenoxy) is 4. The minimum atomic E-state index is -4.86. The molecule has 1 aromatic heterocycles. The lowest BCUT2D eigenvalue weighted by atomic mass is 9.89. The Morgan fingerprint density at radius 1 is 0.647 bits per heavy atom. The smallest absolute Gasteiger partial charge is 0.422 e. The number of carbonyl (C=O) groups is 2. The van der Waals surface area contributed by atoms with Crippen LogP contribution in [0.15, 0.2) is 0 Å². The van der Waals surface area contributed by atoms with Gasteiger partial charge in [0.25, 0.3) is 0 Å². The van der Waals surface area contributed by atoms with E-state index in [1.165, 1.54) is 41.5 Å². The number of hydrogen-bond donors (Lipinski definition) is 0. The molecular weight excluding hydrogens is 480 g/mol. The highest BCUT2D eigenvalue weighted by molar-refractivity contribution is 6.05. The maximum atomic E-state index is 13.0. The molecule has 1 rings (SSSR count). The second-order valence-electron chi connectivity index (χ2n) is 9.16. The van der Waals surface area contributed by atoms with Crippen molar-refractivity contribution in [3.63, 3.8) is 0 Å². The van der Waals surface area contributed by atoms with Crippen LogP contribution in [0.25, 0.3) is 0 Å². The van der Waals surface area contributed by atoms with Gasteiger partial charge < -0.3 is 18.9 Å². The normalized spacial score (nSPS) is 13.3. The molecule has 0 saturated carbocycles. The van der Waals surface area contributed by atoms with Gasteiger partial charge in [-0.25, -0.2) is 0 Å². The Balaban J connectivity index is 3.65. The number of nitrogens with zero attached hydrogens (tertiary/aromatic N) is 3. The molecule has 0 aliphatic carbocycles. The van der Waals surface area contributed by atoms with E-state index in [-0.39, 0.29) is 0 Å². The van der Waals surface area contributed by atoms with Gasteiger partial charge in [0.2, 0.25) is 5.41 Å². The lowest BCUT2D eigenvalue weighted by Crippen LogP contribution is -2.49. The zero-order valence-corrected chi connectivity index (χ0v) is 19.5. The van der Waals surface area contributed by atoms with Crippen molar-refractivity contribution >= 4 is 11.9 Å². The quantitative estimate of drug-likeness (QED) is 0.311. The van der Waals surface area contributed by atoms with E-state index in [0.717, 1.165) is 6.92 Å². The van der Waals surface area contributed by atoms with Crippen molar-refractivity contribution in [3.8, 4) is 12.0 Å². The molecule has 0 aromatic carbocycles. The topological polar surface area (TPSA) is 110 Å². The van der Waals surface area contributed by atoms with Crippen LogP contribution in [-0.4, -0.2) is 63.7 Å². The standard InChI is InChI=1S/C19H25F6N3O6/c1-15(2,3)33-11(29)17(7,12(30)34-16(4,5)6)10-26-13(31-8-18(20,21)22)28-14(27-10)32-9-19(23,24)25/h8-9H2,1-7H3. The van der Waals surface area contributed by atoms with Crippen LogP contribution in [-0.2, 0) is 24.5 Å². The van der Waals surface area contributed by atoms with Gasteiger partial charge in [-0.15, -0.1) is 4.98 Å². The first-order chi connectivity index (χ1) is 15.0. The highest BCUT2D eigenvalue weighted by Crippen LogP contribution is 2.31. The molecule has 15 heteroatoms. The van der Waals surface area contributed by atoms with E-state index in [1.807, 2.05) is 0 Å². The van der Waals surface area contributed by atoms with Crippen molar-refractivity contribution in [2.24, 2.45) is 0 Å². The van der Waals surface area contributed by atoms with E-state index < -0.39 is 72.0 Å². The van der Waals surface area contributed by atoms with Gasteiger partial charge in [0.05, 0.1) is 0 Å². The van der Waals surface area contributed by atoms with Gasteiger partial charge in [-0.05, 0) is 48.5 Å². The van der Waals surface area contributed by atoms with Crippen LogP contribution in [0, 0.1) is 0 Å². The predicted octanol–water partition coefficient (Wildman–Crippen LogP) is 3.69. The van der Waals surface area contributed by atoms with Crippen LogP contribution in [0.5, 0.6) is 12.0 Å². The Labute approximate surface area is 191 Å². The Morgan fingerprint density at radius 2 is 0.971 bits per heavy atom. The van der Waals surface area contributed by atoms with E-state index in [1.54, 1.807) is 0 Å². The van der Waals surface area contributed by atoms with Crippen LogP contribution in [0.3, 0.4) is 0 Å². The molecule has 194 valence electrons. The van der Waals surface area contributed by atoms with Crippen molar-refractivity contribution in [2.45, 2.75) is 77.4 Å². The fourth-order valence-corrected chi connectivity index (χ4v) is 2.01. The second kappa shape index (κ2) is 9.78. The molecule has 0 aliphatic rings. The number of halogens is 6. The summed E-state index contributed by atoms with van der Waals surface area (Å²) in [7, 11) is 0. The molecule has 0 atom stereocenters. The Kier molecular flexibility index (Phi) is 8.39. The fourth-order valence-electron chi connectivity index (χ4n) is 2.01. The zero-order chi connectivity index (χ0) is 26.8. The molecule has 1 heterocycles. The monoisotopic (exact) mass is 505 g/mol. The molecule has 0 fully saturated rings. The molecule has 0 aliphatic heterocycles. The third-order valence-electron chi connectivity index (χ3n) is 3.39. The van der Waals surface area contributed by atoms with E-state index in [0.29, 0.717) is 0 Å². The highest BCUT2D eigenvalue weighted by Gasteiger charge is 2.52. The van der Waals surface area contributed by atoms with Crippen LogP contribution in [0.1, 0.15) is 54.3 Å². The van der Waals surface area contributed by atoms with E-state index in [4.69, 9.17) is 9.47 Å². The molecule has 0 saturated heterocycles. The molecule has 0 amide bonds. The number of hydrogen-bond acceptors (Lipinski definition) is 9. The average molecular weight is 505 g/mol. The van der Waals surface area contributed by atoms with Crippen LogP contribution >= 0.6 is 0 Å². The summed E-state index contributed by atoms with van der Waals surface area (Å²) in [6, 6.07) is -2.28. The molecule has 0 unspecified atom stereocenters. The van der Waals surface area contributed by atoms with Gasteiger partial charge in [0.15, 0.2) is 19.0 Å². The van der Waals surface area contributed by atoms with E-state index >= 15 is 0 Å². The van der Waals surface area contributed by atoms with Crippen molar-refractivity contribution in [1.29, 1.82) is 0 Å². The molecule has 34 heavy (non-hydrogen) atoms. The maximum absolute atomic E-state index is 13.0. The minimum absolute atomic E-state index is 0.902. The summed E-state index contributed by atoms with van der Waals surface area (Å²) in [6.07, 6.45) is -9.72. The summed E-state index contributed by atoms with van der Waals surface area (Å²) in [5.41, 5.74) is -4.85. The van der Waals surface area contributed by atoms with Crippen molar-refractivity contribution < 1.29 is 54.9 Å². The SMILES string of the molecule is CC(C)(C)OC(=O)C(C)(C(=O)OC(C)(C)C)c1nc(OCC(F)(F)F)nc(OCC(F)(F)F)n1. The summed E-state index contributed by atoms with van der Waals surface area (Å²) in [6.45, 7) is 5.86. The van der Waals surface area contributed by atoms with Crippen molar-refractivity contribution in [3.05, 3.63) is 5.82 Å². The maximum Gasteiger partial charge on any atom is 0.422 e. The Morgan fingerprint density at radius 3 is 1.24 bits per heavy atom. The Bertz CT molecular complexity index is 826. The van der Waals surface area contributed by atoms with Crippen LogP contribution in [0.4, 0.5) is 26.3 Å². The summed E-state index contributed by atoms with van der Waals surface area (Å²) in [5.74, 6) is -3.48. The molecule has 0 radical (unpaired) electrons. The number of rotatable bonds is 7. The summed E-state index contributed by atoms with van der Waals surface area (Å²) in [5, 5.41) is 0. The van der Waals surface area contributed by atoms with Crippen LogP contribution in [0.2, 0.25) is 0 Å². The van der Waals surface area contributed by atoms with E-state index in [9.17, 15) is 35.9 Å². The van der Waals surface area contributed by atoms with Crippen molar-refractivity contribution in [1.82, 2.24) is 15.0 Å². The van der Waals surface area contributed by atoms with Gasteiger partial charge in [0.1, 0.15) is 11.2 Å². The van der Waals surface area contributed by atoms with Gasteiger partial charge in [-0.3, -0.25) is 9.59 Å². The van der Waals surface area contributed by atoms with Gasteiger partial charge in [-0.1, -0.05) is 0 Å². The molecule has 0 bridgehead atoms. The minimum Gasteiger partial charge on any atom is -0.459 e. The van der Waals surface area contributed by atoms with Gasteiger partial charge in [-0.2, -0.15) is 36.3 Å². The lowest BCUT2D eigenvalue weighted by molar-refractivity contribution is -0.177.